The summed E-state index contributed by atoms with van der Waals surface area (Å²) in [6.45, 7) is 3.06. The number of ether oxygens (including phenoxy) is 1. The summed E-state index contributed by atoms with van der Waals surface area (Å²) in [4.78, 5) is 17.3. The van der Waals surface area contributed by atoms with Gasteiger partial charge in [0.25, 0.3) is 5.91 Å². The lowest BCUT2D eigenvalue weighted by Gasteiger charge is -2.10. The Balaban J connectivity index is 1.35. The molecule has 3 heterocycles. The van der Waals surface area contributed by atoms with Gasteiger partial charge in [-0.1, -0.05) is 18.1 Å². The van der Waals surface area contributed by atoms with Crippen molar-refractivity contribution in [3.63, 3.8) is 0 Å². The molecule has 0 aliphatic carbocycles. The smallest absolute Gasteiger partial charge is 0.383 e. The second kappa shape index (κ2) is 11.6. The highest BCUT2D eigenvalue weighted by Gasteiger charge is 2.30. The van der Waals surface area contributed by atoms with E-state index in [9.17, 15) is 18.0 Å². The van der Waals surface area contributed by atoms with Crippen LogP contribution in [0.2, 0.25) is 0 Å². The number of hydrogen-bond acceptors (Lipinski definition) is 5. The van der Waals surface area contributed by atoms with Gasteiger partial charge >= 0.3 is 6.18 Å². The molecule has 5 aromatic rings. The zero-order chi connectivity index (χ0) is 29.0. The van der Waals surface area contributed by atoms with Gasteiger partial charge < -0.3 is 15.4 Å². The molecule has 11 heteroatoms. The molecule has 1 amide bonds. The molecule has 208 valence electrons. The number of alkyl halides is 3. The maximum absolute atomic E-state index is 13.0. The Bertz CT molecular complexity index is 1780. The Morgan fingerprint density at radius 2 is 1.90 bits per heavy atom. The van der Waals surface area contributed by atoms with E-state index in [2.05, 4.69) is 32.6 Å². The van der Waals surface area contributed by atoms with Crippen LogP contribution >= 0.6 is 0 Å². The Morgan fingerprint density at radius 1 is 1.05 bits per heavy atom. The number of aryl methyl sites for hydroxylation is 1. The summed E-state index contributed by atoms with van der Waals surface area (Å²) in [5.41, 5.74) is 3.82. The van der Waals surface area contributed by atoms with Gasteiger partial charge in [-0.3, -0.25) is 13.9 Å². The first-order chi connectivity index (χ1) is 19.7. The van der Waals surface area contributed by atoms with Crippen LogP contribution in [-0.4, -0.2) is 38.8 Å². The molecule has 5 rings (SSSR count). The number of rotatable bonds is 7. The number of carbonyl (C=O) groups is 1. The fraction of sp³-hybridized carbons (Fsp3) is 0.167. The summed E-state index contributed by atoms with van der Waals surface area (Å²) in [6.07, 6.45) is 2.61. The van der Waals surface area contributed by atoms with Crippen LogP contribution < -0.4 is 10.6 Å². The fourth-order valence-corrected chi connectivity index (χ4v) is 4.10. The maximum Gasteiger partial charge on any atom is 0.416 e. The van der Waals surface area contributed by atoms with E-state index in [0.717, 1.165) is 29.1 Å². The molecular weight excluding hydrogens is 533 g/mol. The van der Waals surface area contributed by atoms with Crippen molar-refractivity contribution in [1.29, 1.82) is 0 Å². The van der Waals surface area contributed by atoms with Crippen LogP contribution in [0.25, 0.3) is 5.65 Å². The fourth-order valence-electron chi connectivity index (χ4n) is 4.10. The summed E-state index contributed by atoms with van der Waals surface area (Å²) < 4.78 is 47.8. The molecule has 3 aromatic heterocycles. The van der Waals surface area contributed by atoms with Crippen molar-refractivity contribution in [1.82, 2.24) is 19.2 Å². The number of pyridine rings is 1. The second-order valence-corrected chi connectivity index (χ2v) is 9.18. The highest BCUT2D eigenvalue weighted by molar-refractivity contribution is 6.04. The van der Waals surface area contributed by atoms with Crippen molar-refractivity contribution in [2.75, 3.05) is 24.4 Å². The molecule has 41 heavy (non-hydrogen) atoms. The van der Waals surface area contributed by atoms with E-state index >= 15 is 0 Å². The van der Waals surface area contributed by atoms with Gasteiger partial charge in [-0.2, -0.15) is 18.3 Å². The van der Waals surface area contributed by atoms with Gasteiger partial charge in [0.2, 0.25) is 0 Å². The predicted octanol–water partition coefficient (Wildman–Crippen LogP) is 5.90. The summed E-state index contributed by atoms with van der Waals surface area (Å²) in [7, 11) is 1.64. The third-order valence-electron chi connectivity index (χ3n) is 6.25. The molecular formula is C30H25F3N6O2. The molecule has 0 saturated carbocycles. The first-order valence-electron chi connectivity index (χ1n) is 12.6. The molecule has 2 N–H and O–H groups in total. The van der Waals surface area contributed by atoms with Gasteiger partial charge in [-0.15, -0.1) is 0 Å². The SMILES string of the molecule is COCCn1cc(Nc2cccn3c(C#Cc4cc(C(=O)Nc5cccc(C(F)(F)F)c5)ccc4C)cnc23)cn1. The number of carbonyl (C=O) groups excluding carboxylic acids is 1. The number of amides is 1. The molecule has 0 spiro atoms. The van der Waals surface area contributed by atoms with E-state index in [4.69, 9.17) is 4.74 Å². The van der Waals surface area contributed by atoms with E-state index in [1.165, 1.54) is 12.1 Å². The van der Waals surface area contributed by atoms with E-state index in [0.29, 0.717) is 30.1 Å². The van der Waals surface area contributed by atoms with Gasteiger partial charge in [-0.05, 0) is 60.9 Å². The normalized spacial score (nSPS) is 11.2. The predicted molar refractivity (Wildman–Crippen MR) is 149 cm³/mol. The van der Waals surface area contributed by atoms with Crippen LogP contribution in [0.1, 0.15) is 32.7 Å². The Labute approximate surface area is 233 Å². The third-order valence-corrected chi connectivity index (χ3v) is 6.25. The lowest BCUT2D eigenvalue weighted by atomic mass is 10.0. The third kappa shape index (κ3) is 6.40. The number of nitrogens with zero attached hydrogens (tertiary/aromatic N) is 4. The lowest BCUT2D eigenvalue weighted by molar-refractivity contribution is -0.137. The summed E-state index contributed by atoms with van der Waals surface area (Å²) in [6, 6.07) is 13.2. The Hall–Kier alpha value is -5.08. The molecule has 8 nitrogen and oxygen atoms in total. The lowest BCUT2D eigenvalue weighted by Crippen LogP contribution is -2.13. The standard InChI is InChI=1S/C30H25F3N6O2/c1-20-8-9-22(29(40)37-24-6-3-5-23(16-24)30(31,32)33)15-21(20)10-11-26-18-34-28-27(7-4-12-39(26)28)36-25-17-35-38(19-25)13-14-41-2/h3-9,12,15-19,36H,13-14H2,1-2H3,(H,37,40). The number of imidazole rings is 1. The summed E-state index contributed by atoms with van der Waals surface area (Å²) >= 11 is 0. The summed E-state index contributed by atoms with van der Waals surface area (Å²) in [5.74, 6) is 5.68. The Morgan fingerprint density at radius 3 is 2.71 bits per heavy atom. The van der Waals surface area contributed by atoms with E-state index in [1.54, 1.807) is 42.4 Å². The van der Waals surface area contributed by atoms with Gasteiger partial charge in [0.1, 0.15) is 5.69 Å². The van der Waals surface area contributed by atoms with Gasteiger partial charge in [0, 0.05) is 36.3 Å². The molecule has 2 aromatic carbocycles. The Kier molecular flexibility index (Phi) is 7.76. The minimum absolute atomic E-state index is 0.0514. The molecule has 0 aliphatic heterocycles. The second-order valence-electron chi connectivity index (χ2n) is 9.18. The van der Waals surface area contributed by atoms with Crippen LogP contribution in [0.3, 0.4) is 0 Å². The van der Waals surface area contributed by atoms with Gasteiger partial charge in [0.15, 0.2) is 5.65 Å². The highest BCUT2D eigenvalue weighted by atomic mass is 19.4. The first-order valence-corrected chi connectivity index (χ1v) is 12.6. The number of methoxy groups -OCH3 is 1. The van der Waals surface area contributed by atoms with Crippen molar-refractivity contribution in [3.8, 4) is 11.8 Å². The molecule has 0 aliphatic rings. The monoisotopic (exact) mass is 558 g/mol. The molecule has 0 saturated heterocycles. The van der Waals surface area contributed by atoms with Crippen molar-refractivity contribution in [3.05, 3.63) is 107 Å². The average molecular weight is 559 g/mol. The quantitative estimate of drug-likeness (QED) is 0.243. The van der Waals surface area contributed by atoms with Gasteiger partial charge in [0.05, 0.1) is 42.5 Å². The van der Waals surface area contributed by atoms with Crippen LogP contribution in [0.4, 0.5) is 30.2 Å². The van der Waals surface area contributed by atoms with E-state index in [1.807, 2.05) is 35.9 Å². The number of fused-ring (bicyclic) bond motifs is 1. The molecule has 0 fully saturated rings. The molecule has 0 bridgehead atoms. The first kappa shape index (κ1) is 27.5. The van der Waals surface area contributed by atoms with Crippen LogP contribution in [-0.2, 0) is 17.5 Å². The topological polar surface area (TPSA) is 85.5 Å². The van der Waals surface area contributed by atoms with Crippen molar-refractivity contribution in [2.24, 2.45) is 0 Å². The zero-order valence-corrected chi connectivity index (χ0v) is 22.2. The average Bonchev–Trinajstić information content (AvgIpc) is 3.58. The highest BCUT2D eigenvalue weighted by Crippen LogP contribution is 2.31. The number of hydrogen-bond donors (Lipinski definition) is 2. The maximum atomic E-state index is 13.0. The molecule has 0 unspecified atom stereocenters. The van der Waals surface area contributed by atoms with Crippen LogP contribution in [0.5, 0.6) is 0 Å². The van der Waals surface area contributed by atoms with Gasteiger partial charge in [-0.25, -0.2) is 4.98 Å². The minimum atomic E-state index is -4.50. The number of aromatic nitrogens is 4. The largest absolute Gasteiger partial charge is 0.416 e. The summed E-state index contributed by atoms with van der Waals surface area (Å²) in [5, 5.41) is 10.2. The minimum Gasteiger partial charge on any atom is -0.383 e. The van der Waals surface area contributed by atoms with Crippen LogP contribution in [0.15, 0.2) is 79.4 Å². The van der Waals surface area contributed by atoms with Crippen molar-refractivity contribution >= 4 is 28.6 Å². The number of halogens is 3. The van der Waals surface area contributed by atoms with E-state index < -0.39 is 17.6 Å². The van der Waals surface area contributed by atoms with E-state index in [-0.39, 0.29) is 11.3 Å². The van der Waals surface area contributed by atoms with Crippen molar-refractivity contribution < 1.29 is 22.7 Å². The number of benzene rings is 2. The zero-order valence-electron chi connectivity index (χ0n) is 22.2. The van der Waals surface area contributed by atoms with Crippen molar-refractivity contribution in [2.45, 2.75) is 19.6 Å². The molecule has 0 radical (unpaired) electrons. The number of nitrogens with one attached hydrogen (secondary N) is 2. The number of anilines is 3. The molecule has 0 atom stereocenters. The van der Waals surface area contributed by atoms with Crippen LogP contribution in [0, 0.1) is 18.8 Å².